The van der Waals surface area contributed by atoms with Gasteiger partial charge >= 0.3 is 0 Å². The van der Waals surface area contributed by atoms with E-state index in [1.54, 1.807) is 26.1 Å². The summed E-state index contributed by atoms with van der Waals surface area (Å²) in [6.07, 6.45) is 3.93. The molecule has 1 fully saturated rings. The second-order valence-corrected chi connectivity index (χ2v) is 8.88. The molecule has 9 heteroatoms. The number of hydrogen-bond donors (Lipinski definition) is 2. The van der Waals surface area contributed by atoms with Crippen molar-refractivity contribution in [1.29, 1.82) is 0 Å². The van der Waals surface area contributed by atoms with Crippen LogP contribution in [0.15, 0.2) is 41.4 Å². The van der Waals surface area contributed by atoms with Gasteiger partial charge in [0.25, 0.3) is 5.91 Å². The molecule has 0 aliphatic carbocycles. The summed E-state index contributed by atoms with van der Waals surface area (Å²) in [7, 11) is -2.43. The fourth-order valence-corrected chi connectivity index (χ4v) is 4.64. The Labute approximate surface area is 171 Å². The van der Waals surface area contributed by atoms with Crippen LogP contribution in [-0.4, -0.2) is 45.6 Å². The summed E-state index contributed by atoms with van der Waals surface area (Å²) < 4.78 is 32.8. The smallest absolute Gasteiger partial charge is 0.255 e. The normalized spacial score (nSPS) is 14.3. The standard InChI is InChI=1S/C20H26N4O4S/c1-14(2)23-29(26,27)18-12-15(6-8-17(18)28-3)20(25)22-16-7-9-19(21-13-16)24-10-4-5-11-24/h6-9,12-14,23H,4-5,10-11H2,1-3H3,(H,22,25). The van der Waals surface area contributed by atoms with E-state index >= 15 is 0 Å². The van der Waals surface area contributed by atoms with Gasteiger partial charge in [-0.15, -0.1) is 0 Å². The van der Waals surface area contributed by atoms with Crippen LogP contribution in [0.5, 0.6) is 5.75 Å². The molecule has 1 aromatic carbocycles. The average molecular weight is 419 g/mol. The number of benzene rings is 1. The van der Waals surface area contributed by atoms with Crippen LogP contribution in [0, 0.1) is 0 Å². The Morgan fingerprint density at radius 3 is 2.48 bits per heavy atom. The van der Waals surface area contributed by atoms with E-state index < -0.39 is 15.9 Å². The molecule has 156 valence electrons. The molecule has 8 nitrogen and oxygen atoms in total. The third-order valence-electron chi connectivity index (χ3n) is 4.54. The zero-order chi connectivity index (χ0) is 21.0. The number of ether oxygens (including phenoxy) is 1. The number of amides is 1. The number of pyridine rings is 1. The number of carbonyl (C=O) groups is 1. The fraction of sp³-hybridized carbons (Fsp3) is 0.400. The summed E-state index contributed by atoms with van der Waals surface area (Å²) in [5.74, 6) is 0.633. The van der Waals surface area contributed by atoms with Gasteiger partial charge in [0.15, 0.2) is 0 Å². The van der Waals surface area contributed by atoms with Crippen molar-refractivity contribution >= 4 is 27.4 Å². The Hall–Kier alpha value is -2.65. The molecule has 29 heavy (non-hydrogen) atoms. The third-order valence-corrected chi connectivity index (χ3v) is 6.22. The highest BCUT2D eigenvalue weighted by Gasteiger charge is 2.22. The minimum absolute atomic E-state index is 0.0798. The van der Waals surface area contributed by atoms with Crippen molar-refractivity contribution in [1.82, 2.24) is 9.71 Å². The molecule has 0 spiro atoms. The summed E-state index contributed by atoms with van der Waals surface area (Å²) in [5, 5.41) is 2.76. The molecule has 1 aliphatic rings. The SMILES string of the molecule is COc1ccc(C(=O)Nc2ccc(N3CCCC3)nc2)cc1S(=O)(=O)NC(C)C. The predicted octanol–water partition coefficient (Wildman–Crippen LogP) is 2.63. The van der Waals surface area contributed by atoms with E-state index in [0.717, 1.165) is 31.7 Å². The Kier molecular flexibility index (Phi) is 6.39. The van der Waals surface area contributed by atoms with E-state index in [1.807, 2.05) is 6.07 Å². The Morgan fingerprint density at radius 1 is 1.17 bits per heavy atom. The van der Waals surface area contributed by atoms with Gasteiger partial charge in [-0.2, -0.15) is 0 Å². The highest BCUT2D eigenvalue weighted by molar-refractivity contribution is 7.89. The molecule has 0 saturated carbocycles. The summed E-state index contributed by atoms with van der Waals surface area (Å²) in [6, 6.07) is 7.68. The van der Waals surface area contributed by atoms with Crippen LogP contribution in [-0.2, 0) is 10.0 Å². The highest BCUT2D eigenvalue weighted by atomic mass is 32.2. The van der Waals surface area contributed by atoms with E-state index in [2.05, 4.69) is 19.9 Å². The first-order chi connectivity index (χ1) is 13.8. The Balaban J connectivity index is 1.79. The summed E-state index contributed by atoms with van der Waals surface area (Å²) in [5.41, 5.74) is 0.747. The van der Waals surface area contributed by atoms with Gasteiger partial charge in [0.05, 0.1) is 19.0 Å². The maximum absolute atomic E-state index is 12.7. The number of aromatic nitrogens is 1. The first-order valence-corrected chi connectivity index (χ1v) is 11.0. The molecule has 1 aromatic heterocycles. The lowest BCUT2D eigenvalue weighted by molar-refractivity contribution is 0.102. The number of nitrogens with zero attached hydrogens (tertiary/aromatic N) is 2. The topological polar surface area (TPSA) is 101 Å². The molecule has 0 atom stereocenters. The molecule has 0 radical (unpaired) electrons. The molecule has 2 aromatic rings. The number of rotatable bonds is 7. The first kappa shape index (κ1) is 21.1. The molecule has 0 unspecified atom stereocenters. The zero-order valence-electron chi connectivity index (χ0n) is 16.8. The van der Waals surface area contributed by atoms with Gasteiger partial charge < -0.3 is 15.0 Å². The molecular weight excluding hydrogens is 392 g/mol. The minimum Gasteiger partial charge on any atom is -0.495 e. The van der Waals surface area contributed by atoms with E-state index in [9.17, 15) is 13.2 Å². The number of methoxy groups -OCH3 is 1. The fourth-order valence-electron chi connectivity index (χ4n) is 3.20. The van der Waals surface area contributed by atoms with Crippen molar-refractivity contribution in [2.45, 2.75) is 37.6 Å². The molecule has 1 aliphatic heterocycles. The molecule has 1 saturated heterocycles. The van der Waals surface area contributed by atoms with Gasteiger partial charge in [-0.1, -0.05) is 0 Å². The quantitative estimate of drug-likeness (QED) is 0.717. The van der Waals surface area contributed by atoms with Gasteiger partial charge in [0.2, 0.25) is 10.0 Å². The number of anilines is 2. The van der Waals surface area contributed by atoms with Gasteiger partial charge in [0, 0.05) is 24.7 Å². The van der Waals surface area contributed by atoms with Crippen molar-refractivity contribution in [2.75, 3.05) is 30.4 Å². The summed E-state index contributed by atoms with van der Waals surface area (Å²) in [4.78, 5) is 19.2. The molecule has 2 heterocycles. The number of carbonyl (C=O) groups excluding carboxylic acids is 1. The van der Waals surface area contributed by atoms with Gasteiger partial charge in [-0.05, 0) is 57.0 Å². The lowest BCUT2D eigenvalue weighted by atomic mass is 10.2. The van der Waals surface area contributed by atoms with Crippen LogP contribution < -0.4 is 19.7 Å². The molecule has 0 bridgehead atoms. The average Bonchev–Trinajstić information content (AvgIpc) is 3.22. The van der Waals surface area contributed by atoms with E-state index in [4.69, 9.17) is 4.74 Å². The first-order valence-electron chi connectivity index (χ1n) is 9.53. The van der Waals surface area contributed by atoms with Crippen molar-refractivity contribution in [3.05, 3.63) is 42.1 Å². The van der Waals surface area contributed by atoms with Crippen molar-refractivity contribution in [3.8, 4) is 5.75 Å². The number of nitrogens with one attached hydrogen (secondary N) is 2. The lowest BCUT2D eigenvalue weighted by Gasteiger charge is -2.16. The Bertz CT molecular complexity index is 968. The van der Waals surface area contributed by atoms with Gasteiger partial charge in [0.1, 0.15) is 16.5 Å². The molecule has 1 amide bonds. The lowest BCUT2D eigenvalue weighted by Crippen LogP contribution is -2.30. The third kappa shape index (κ3) is 5.04. The van der Waals surface area contributed by atoms with Crippen molar-refractivity contribution < 1.29 is 17.9 Å². The largest absolute Gasteiger partial charge is 0.495 e. The van der Waals surface area contributed by atoms with Crippen LogP contribution in [0.1, 0.15) is 37.0 Å². The summed E-state index contributed by atoms with van der Waals surface area (Å²) >= 11 is 0. The van der Waals surface area contributed by atoms with Crippen LogP contribution in [0.2, 0.25) is 0 Å². The minimum atomic E-state index is -3.82. The maximum atomic E-state index is 12.7. The predicted molar refractivity (Wildman–Crippen MR) is 112 cm³/mol. The van der Waals surface area contributed by atoms with Crippen LogP contribution >= 0.6 is 0 Å². The van der Waals surface area contributed by atoms with Gasteiger partial charge in [-0.25, -0.2) is 18.1 Å². The van der Waals surface area contributed by atoms with Gasteiger partial charge in [-0.3, -0.25) is 4.79 Å². The maximum Gasteiger partial charge on any atom is 0.255 e. The van der Waals surface area contributed by atoms with Crippen molar-refractivity contribution in [2.24, 2.45) is 0 Å². The number of sulfonamides is 1. The van der Waals surface area contributed by atoms with Crippen molar-refractivity contribution in [3.63, 3.8) is 0 Å². The monoisotopic (exact) mass is 418 g/mol. The van der Waals surface area contributed by atoms with Crippen LogP contribution in [0.25, 0.3) is 0 Å². The molecular formula is C20H26N4O4S. The highest BCUT2D eigenvalue weighted by Crippen LogP contribution is 2.26. The second kappa shape index (κ2) is 8.79. The molecule has 2 N–H and O–H groups in total. The number of hydrogen-bond acceptors (Lipinski definition) is 6. The molecule has 3 rings (SSSR count). The Morgan fingerprint density at radius 2 is 1.90 bits per heavy atom. The van der Waals surface area contributed by atoms with E-state index in [0.29, 0.717) is 5.69 Å². The second-order valence-electron chi connectivity index (χ2n) is 7.19. The van der Waals surface area contributed by atoms with E-state index in [-0.39, 0.29) is 22.3 Å². The van der Waals surface area contributed by atoms with E-state index in [1.165, 1.54) is 25.3 Å². The summed E-state index contributed by atoms with van der Waals surface area (Å²) in [6.45, 7) is 5.43. The van der Waals surface area contributed by atoms with Crippen LogP contribution in [0.3, 0.4) is 0 Å². The van der Waals surface area contributed by atoms with Crippen LogP contribution in [0.4, 0.5) is 11.5 Å². The zero-order valence-corrected chi connectivity index (χ0v) is 17.6.